The van der Waals surface area contributed by atoms with Crippen molar-refractivity contribution in [3.05, 3.63) is 30.3 Å². The van der Waals surface area contributed by atoms with Crippen LogP contribution in [-0.4, -0.2) is 60.4 Å². The number of para-hydroxylation sites is 1. The fourth-order valence-corrected chi connectivity index (χ4v) is 3.95. The quantitative estimate of drug-likeness (QED) is 0.902. The number of nitrogens with zero attached hydrogens (tertiary/aromatic N) is 2. The SMILES string of the molecule is CCN(c1ccccc1)C1COC2(CCN(CC(=O)O)CC2)C1. The second kappa shape index (κ2) is 6.89. The first kappa shape index (κ1) is 16.3. The molecule has 2 aliphatic rings. The highest BCUT2D eigenvalue weighted by Crippen LogP contribution is 2.38. The number of piperidine rings is 1. The molecule has 5 heteroatoms. The summed E-state index contributed by atoms with van der Waals surface area (Å²) in [6.07, 6.45) is 2.91. The van der Waals surface area contributed by atoms with Crippen molar-refractivity contribution in [3.63, 3.8) is 0 Å². The number of likely N-dealkylation sites (N-methyl/N-ethyl adjacent to an activating group) is 1. The molecule has 1 aromatic carbocycles. The van der Waals surface area contributed by atoms with E-state index in [2.05, 4.69) is 36.1 Å². The van der Waals surface area contributed by atoms with E-state index in [1.807, 2.05) is 11.0 Å². The largest absolute Gasteiger partial charge is 0.480 e. The van der Waals surface area contributed by atoms with Gasteiger partial charge < -0.3 is 14.7 Å². The average molecular weight is 318 g/mol. The Labute approximate surface area is 137 Å². The molecule has 1 aromatic rings. The lowest BCUT2D eigenvalue weighted by atomic mass is 9.87. The summed E-state index contributed by atoms with van der Waals surface area (Å²) in [5, 5.41) is 8.92. The molecule has 0 amide bonds. The van der Waals surface area contributed by atoms with Gasteiger partial charge in [0.15, 0.2) is 0 Å². The van der Waals surface area contributed by atoms with Gasteiger partial charge in [0.25, 0.3) is 0 Å². The third kappa shape index (κ3) is 3.67. The van der Waals surface area contributed by atoms with Crippen LogP contribution in [0.1, 0.15) is 26.2 Å². The van der Waals surface area contributed by atoms with Crippen molar-refractivity contribution in [1.29, 1.82) is 0 Å². The fraction of sp³-hybridized carbons (Fsp3) is 0.611. The molecule has 126 valence electrons. The van der Waals surface area contributed by atoms with Gasteiger partial charge in [-0.05, 0) is 38.3 Å². The number of rotatable bonds is 5. The molecule has 3 rings (SSSR count). The summed E-state index contributed by atoms with van der Waals surface area (Å²) in [6.45, 7) is 5.70. The lowest BCUT2D eigenvalue weighted by molar-refractivity contribution is -0.139. The molecule has 1 unspecified atom stereocenters. The average Bonchev–Trinajstić information content (AvgIpc) is 2.95. The first-order valence-corrected chi connectivity index (χ1v) is 8.52. The van der Waals surface area contributed by atoms with Gasteiger partial charge >= 0.3 is 5.97 Å². The van der Waals surface area contributed by atoms with Gasteiger partial charge in [0.2, 0.25) is 0 Å². The highest BCUT2D eigenvalue weighted by atomic mass is 16.5. The minimum Gasteiger partial charge on any atom is -0.480 e. The summed E-state index contributed by atoms with van der Waals surface area (Å²) in [5.74, 6) is -0.743. The van der Waals surface area contributed by atoms with Crippen molar-refractivity contribution in [2.24, 2.45) is 0 Å². The Morgan fingerprint density at radius 2 is 2.04 bits per heavy atom. The van der Waals surface area contributed by atoms with Crippen LogP contribution in [0.5, 0.6) is 0 Å². The van der Waals surface area contributed by atoms with Gasteiger partial charge in [-0.2, -0.15) is 0 Å². The van der Waals surface area contributed by atoms with Crippen molar-refractivity contribution < 1.29 is 14.6 Å². The minimum absolute atomic E-state index is 0.0537. The molecule has 2 fully saturated rings. The van der Waals surface area contributed by atoms with E-state index in [-0.39, 0.29) is 12.1 Å². The maximum Gasteiger partial charge on any atom is 0.317 e. The number of carboxylic acid groups (broad SMARTS) is 1. The Kier molecular flexibility index (Phi) is 4.87. The first-order valence-electron chi connectivity index (χ1n) is 8.52. The van der Waals surface area contributed by atoms with Crippen LogP contribution in [0, 0.1) is 0 Å². The zero-order valence-electron chi connectivity index (χ0n) is 13.8. The summed E-state index contributed by atoms with van der Waals surface area (Å²) < 4.78 is 6.24. The zero-order chi connectivity index (χ0) is 16.3. The Morgan fingerprint density at radius 3 is 2.65 bits per heavy atom. The molecule has 2 saturated heterocycles. The summed E-state index contributed by atoms with van der Waals surface area (Å²) in [5.41, 5.74) is 1.20. The van der Waals surface area contributed by atoms with E-state index >= 15 is 0 Å². The summed E-state index contributed by atoms with van der Waals surface area (Å²) in [6, 6.07) is 10.9. The van der Waals surface area contributed by atoms with E-state index in [1.165, 1.54) is 5.69 Å². The molecule has 23 heavy (non-hydrogen) atoms. The number of aliphatic carboxylic acids is 1. The van der Waals surface area contributed by atoms with Crippen molar-refractivity contribution in [3.8, 4) is 0 Å². The van der Waals surface area contributed by atoms with Crippen LogP contribution < -0.4 is 4.90 Å². The summed E-state index contributed by atoms with van der Waals surface area (Å²) in [4.78, 5) is 15.3. The lowest BCUT2D eigenvalue weighted by Gasteiger charge is -2.38. The van der Waals surface area contributed by atoms with Gasteiger partial charge in [-0.1, -0.05) is 18.2 Å². The molecule has 5 nitrogen and oxygen atoms in total. The van der Waals surface area contributed by atoms with Crippen LogP contribution in [0.15, 0.2) is 30.3 Å². The molecule has 1 atom stereocenters. The predicted octanol–water partition coefficient (Wildman–Crippen LogP) is 2.22. The van der Waals surface area contributed by atoms with E-state index in [4.69, 9.17) is 9.84 Å². The second-order valence-electron chi connectivity index (χ2n) is 6.64. The normalized spacial score (nSPS) is 24.0. The Hall–Kier alpha value is -1.59. The fourth-order valence-electron chi connectivity index (χ4n) is 3.95. The number of ether oxygens (including phenoxy) is 1. The maximum atomic E-state index is 10.8. The Morgan fingerprint density at radius 1 is 1.35 bits per heavy atom. The molecule has 0 aliphatic carbocycles. The van der Waals surface area contributed by atoms with E-state index < -0.39 is 5.97 Å². The number of hydrogen-bond donors (Lipinski definition) is 1. The smallest absolute Gasteiger partial charge is 0.317 e. The number of carboxylic acids is 1. The summed E-state index contributed by atoms with van der Waals surface area (Å²) in [7, 11) is 0. The van der Waals surface area contributed by atoms with E-state index in [1.54, 1.807) is 0 Å². The third-order valence-electron chi connectivity index (χ3n) is 5.18. The monoisotopic (exact) mass is 318 g/mol. The van der Waals surface area contributed by atoms with Crippen LogP contribution in [0.3, 0.4) is 0 Å². The highest BCUT2D eigenvalue weighted by molar-refractivity contribution is 5.69. The number of benzene rings is 1. The topological polar surface area (TPSA) is 53.0 Å². The minimum atomic E-state index is -0.743. The summed E-state index contributed by atoms with van der Waals surface area (Å²) >= 11 is 0. The van der Waals surface area contributed by atoms with Crippen LogP contribution in [0.25, 0.3) is 0 Å². The van der Waals surface area contributed by atoms with Crippen molar-refractivity contribution >= 4 is 11.7 Å². The molecule has 0 saturated carbocycles. The lowest BCUT2D eigenvalue weighted by Crippen LogP contribution is -2.46. The van der Waals surface area contributed by atoms with Crippen LogP contribution in [-0.2, 0) is 9.53 Å². The number of anilines is 1. The Bertz CT molecular complexity index is 526. The second-order valence-corrected chi connectivity index (χ2v) is 6.64. The zero-order valence-corrected chi connectivity index (χ0v) is 13.8. The van der Waals surface area contributed by atoms with Gasteiger partial charge in [0, 0.05) is 25.3 Å². The van der Waals surface area contributed by atoms with Crippen molar-refractivity contribution in [1.82, 2.24) is 4.90 Å². The molecule has 2 aliphatic heterocycles. The number of carbonyl (C=O) groups is 1. The molecule has 0 aromatic heterocycles. The van der Waals surface area contributed by atoms with Crippen LogP contribution in [0.4, 0.5) is 5.69 Å². The van der Waals surface area contributed by atoms with Gasteiger partial charge in [-0.15, -0.1) is 0 Å². The Balaban J connectivity index is 1.61. The number of hydrogen-bond acceptors (Lipinski definition) is 4. The van der Waals surface area contributed by atoms with E-state index in [0.29, 0.717) is 6.04 Å². The van der Waals surface area contributed by atoms with Crippen LogP contribution >= 0.6 is 0 Å². The van der Waals surface area contributed by atoms with Gasteiger partial charge in [0.1, 0.15) is 0 Å². The predicted molar refractivity (Wildman–Crippen MR) is 89.9 cm³/mol. The molecular weight excluding hydrogens is 292 g/mol. The number of likely N-dealkylation sites (tertiary alicyclic amines) is 1. The third-order valence-corrected chi connectivity index (χ3v) is 5.18. The molecular formula is C18H26N2O3. The van der Waals surface area contributed by atoms with E-state index in [9.17, 15) is 4.79 Å². The van der Waals surface area contributed by atoms with Crippen molar-refractivity contribution in [2.75, 3.05) is 37.7 Å². The van der Waals surface area contributed by atoms with Gasteiger partial charge in [-0.3, -0.25) is 9.69 Å². The first-order chi connectivity index (χ1) is 11.1. The molecule has 1 spiro atoms. The van der Waals surface area contributed by atoms with E-state index in [0.717, 1.165) is 45.5 Å². The molecule has 1 N–H and O–H groups in total. The molecule has 0 bridgehead atoms. The van der Waals surface area contributed by atoms with Gasteiger partial charge in [0.05, 0.1) is 24.8 Å². The van der Waals surface area contributed by atoms with Gasteiger partial charge in [-0.25, -0.2) is 0 Å². The van der Waals surface area contributed by atoms with Crippen molar-refractivity contribution in [2.45, 2.75) is 37.8 Å². The molecule has 0 radical (unpaired) electrons. The molecule has 2 heterocycles. The standard InChI is InChI=1S/C18H26N2O3/c1-2-20(15-6-4-3-5-7-15)16-12-18(23-14-16)8-10-19(11-9-18)13-17(21)22/h3-7,16H,2,8-14H2,1H3,(H,21,22). The highest BCUT2D eigenvalue weighted by Gasteiger charge is 2.44. The van der Waals surface area contributed by atoms with Crippen LogP contribution in [0.2, 0.25) is 0 Å². The maximum absolute atomic E-state index is 10.8.